The molecule has 3 rings (SSSR count). The molecule has 1 N–H and O–H groups in total. The van der Waals surface area contributed by atoms with E-state index < -0.39 is 11.9 Å². The monoisotopic (exact) mass is 331 g/mol. The number of amides is 1. The summed E-state index contributed by atoms with van der Waals surface area (Å²) in [6.07, 6.45) is 1.51. The third-order valence-corrected chi connectivity index (χ3v) is 4.72. The molecule has 1 aliphatic rings. The van der Waals surface area contributed by atoms with Crippen LogP contribution in [0.25, 0.3) is 11.0 Å². The summed E-state index contributed by atoms with van der Waals surface area (Å²) in [6, 6.07) is 7.47. The van der Waals surface area contributed by atoms with Crippen LogP contribution in [0.2, 0.25) is 0 Å². The Hall–Kier alpha value is -2.57. The average molecular weight is 331 g/mol. The predicted octanol–water partition coefficient (Wildman–Crippen LogP) is 1.05. The van der Waals surface area contributed by atoms with Gasteiger partial charge < -0.3 is 10.0 Å². The summed E-state index contributed by atoms with van der Waals surface area (Å²) < 4.78 is 3.17. The maximum atomic E-state index is 12.4. The van der Waals surface area contributed by atoms with Crippen LogP contribution in [0.15, 0.2) is 29.1 Å². The molecule has 0 saturated carbocycles. The fraction of sp³-hybridized carbons (Fsp3) is 0.471. The van der Waals surface area contributed by atoms with Crippen molar-refractivity contribution in [2.24, 2.45) is 13.0 Å². The number of nitrogens with zero attached hydrogens (tertiary/aromatic N) is 3. The Morgan fingerprint density at radius 2 is 1.96 bits per heavy atom. The molecule has 1 aromatic heterocycles. The highest BCUT2D eigenvalue weighted by molar-refractivity contribution is 5.79. The number of aromatic nitrogens is 2. The number of piperidine rings is 1. The zero-order valence-corrected chi connectivity index (χ0v) is 13.6. The van der Waals surface area contributed by atoms with Gasteiger partial charge in [0.1, 0.15) is 0 Å². The summed E-state index contributed by atoms with van der Waals surface area (Å²) in [5, 5.41) is 9.12. The molecule has 1 aliphatic heterocycles. The predicted molar refractivity (Wildman–Crippen MR) is 88.7 cm³/mol. The molecule has 0 aliphatic carbocycles. The van der Waals surface area contributed by atoms with Crippen LogP contribution in [-0.4, -0.2) is 44.1 Å². The highest BCUT2D eigenvalue weighted by Gasteiger charge is 2.28. The minimum atomic E-state index is -0.849. The van der Waals surface area contributed by atoms with Crippen LogP contribution in [0.3, 0.4) is 0 Å². The number of carboxylic acid groups (broad SMARTS) is 1. The molecule has 0 radical (unpaired) electrons. The molecule has 2 heterocycles. The summed E-state index contributed by atoms with van der Waals surface area (Å²) in [4.78, 5) is 37.5. The number of aliphatic carboxylic acids is 1. The van der Waals surface area contributed by atoms with Gasteiger partial charge in [0.15, 0.2) is 0 Å². The second kappa shape index (κ2) is 6.51. The van der Waals surface area contributed by atoms with Gasteiger partial charge in [-0.25, -0.2) is 4.79 Å². The Morgan fingerprint density at radius 3 is 2.67 bits per heavy atom. The van der Waals surface area contributed by atoms with Crippen molar-refractivity contribution in [2.75, 3.05) is 13.1 Å². The van der Waals surface area contributed by atoms with E-state index in [9.17, 15) is 14.4 Å². The molecule has 24 heavy (non-hydrogen) atoms. The number of imidazole rings is 1. The fourth-order valence-electron chi connectivity index (χ4n) is 3.35. The molecule has 2 aromatic rings. The minimum absolute atomic E-state index is 0.0965. The normalized spacial score (nSPS) is 18.0. The summed E-state index contributed by atoms with van der Waals surface area (Å²) in [5.41, 5.74) is 1.49. The number of likely N-dealkylation sites (tertiary alicyclic amines) is 1. The Balaban J connectivity index is 1.72. The first-order chi connectivity index (χ1) is 11.5. The average Bonchev–Trinajstić information content (AvgIpc) is 2.84. The van der Waals surface area contributed by atoms with Crippen LogP contribution in [0.4, 0.5) is 0 Å². The third kappa shape index (κ3) is 2.93. The third-order valence-electron chi connectivity index (χ3n) is 4.72. The number of aryl methyl sites for hydroxylation is 2. The number of carbonyl (C=O) groups is 2. The van der Waals surface area contributed by atoms with Gasteiger partial charge >= 0.3 is 11.7 Å². The molecule has 1 atom stereocenters. The highest BCUT2D eigenvalue weighted by Crippen LogP contribution is 2.18. The van der Waals surface area contributed by atoms with E-state index in [4.69, 9.17) is 5.11 Å². The van der Waals surface area contributed by atoms with Gasteiger partial charge in [0.05, 0.1) is 17.0 Å². The Kier molecular flexibility index (Phi) is 4.42. The van der Waals surface area contributed by atoms with Crippen molar-refractivity contribution in [1.29, 1.82) is 0 Å². The Bertz CT molecular complexity index is 836. The van der Waals surface area contributed by atoms with Crippen LogP contribution in [0.1, 0.15) is 19.3 Å². The van der Waals surface area contributed by atoms with Gasteiger partial charge in [-0.05, 0) is 25.0 Å². The lowest BCUT2D eigenvalue weighted by Crippen LogP contribution is -2.42. The first kappa shape index (κ1) is 16.3. The number of rotatable bonds is 4. The van der Waals surface area contributed by atoms with Crippen LogP contribution >= 0.6 is 0 Å². The lowest BCUT2D eigenvalue weighted by molar-refractivity contribution is -0.145. The molecule has 1 amide bonds. The quantitative estimate of drug-likeness (QED) is 0.908. The van der Waals surface area contributed by atoms with Crippen LogP contribution in [0.5, 0.6) is 0 Å². The van der Waals surface area contributed by atoms with Gasteiger partial charge in [-0.1, -0.05) is 12.1 Å². The zero-order valence-electron chi connectivity index (χ0n) is 13.6. The van der Waals surface area contributed by atoms with Crippen molar-refractivity contribution in [1.82, 2.24) is 14.0 Å². The second-order valence-electron chi connectivity index (χ2n) is 6.25. The van der Waals surface area contributed by atoms with Gasteiger partial charge in [-0.3, -0.25) is 18.7 Å². The Morgan fingerprint density at radius 1 is 1.25 bits per heavy atom. The molecule has 128 valence electrons. The largest absolute Gasteiger partial charge is 0.481 e. The van der Waals surface area contributed by atoms with Crippen LogP contribution in [-0.2, 0) is 23.2 Å². The second-order valence-corrected chi connectivity index (χ2v) is 6.25. The lowest BCUT2D eigenvalue weighted by atomic mass is 9.98. The van der Waals surface area contributed by atoms with Crippen molar-refractivity contribution in [3.8, 4) is 0 Å². The van der Waals surface area contributed by atoms with Gasteiger partial charge in [0.25, 0.3) is 0 Å². The molecule has 1 aromatic carbocycles. The van der Waals surface area contributed by atoms with Gasteiger partial charge in [-0.15, -0.1) is 0 Å². The number of hydrogen-bond acceptors (Lipinski definition) is 3. The van der Waals surface area contributed by atoms with E-state index in [0.717, 1.165) is 11.0 Å². The van der Waals surface area contributed by atoms with Crippen LogP contribution in [0, 0.1) is 5.92 Å². The van der Waals surface area contributed by atoms with E-state index in [1.165, 1.54) is 0 Å². The molecule has 0 bridgehead atoms. The number of fused-ring (bicyclic) bond motifs is 1. The van der Waals surface area contributed by atoms with Gasteiger partial charge in [0, 0.05) is 33.1 Å². The molecule has 7 nitrogen and oxygen atoms in total. The van der Waals surface area contributed by atoms with Crippen molar-refractivity contribution in [3.05, 3.63) is 34.7 Å². The topological polar surface area (TPSA) is 84.5 Å². The highest BCUT2D eigenvalue weighted by atomic mass is 16.4. The number of para-hydroxylation sites is 2. The van der Waals surface area contributed by atoms with Gasteiger partial charge in [-0.2, -0.15) is 0 Å². The van der Waals surface area contributed by atoms with E-state index in [0.29, 0.717) is 25.9 Å². The van der Waals surface area contributed by atoms with Crippen molar-refractivity contribution in [3.63, 3.8) is 0 Å². The SMILES string of the molecule is Cn1c(=O)n(CCC(=O)N2CCC[C@H](C(=O)O)C2)c2ccccc21. The number of carboxylic acids is 1. The van der Waals surface area contributed by atoms with E-state index in [1.54, 1.807) is 21.1 Å². The minimum Gasteiger partial charge on any atom is -0.481 e. The summed E-state index contributed by atoms with van der Waals surface area (Å²) in [6.45, 7) is 1.15. The standard InChI is InChI=1S/C17H21N3O4/c1-18-13-6-2-3-7-14(13)20(17(18)24)10-8-15(21)19-9-4-5-12(11-19)16(22)23/h2-3,6-7,12H,4-5,8-11H2,1H3,(H,22,23)/t12-/m0/s1. The fourth-order valence-corrected chi connectivity index (χ4v) is 3.35. The maximum absolute atomic E-state index is 12.4. The summed E-state index contributed by atoms with van der Waals surface area (Å²) in [5.74, 6) is -1.43. The van der Waals surface area contributed by atoms with E-state index >= 15 is 0 Å². The van der Waals surface area contributed by atoms with Crippen molar-refractivity contribution in [2.45, 2.75) is 25.8 Å². The first-order valence-electron chi connectivity index (χ1n) is 8.14. The van der Waals surface area contributed by atoms with Gasteiger partial charge in [0.2, 0.25) is 5.91 Å². The number of hydrogen-bond donors (Lipinski definition) is 1. The number of carbonyl (C=O) groups excluding carboxylic acids is 1. The zero-order chi connectivity index (χ0) is 17.3. The van der Waals surface area contributed by atoms with Crippen molar-refractivity contribution >= 4 is 22.9 Å². The smallest absolute Gasteiger partial charge is 0.328 e. The first-order valence-corrected chi connectivity index (χ1v) is 8.14. The van der Waals surface area contributed by atoms with Crippen LogP contribution < -0.4 is 5.69 Å². The van der Waals surface area contributed by atoms with E-state index in [1.807, 2.05) is 24.3 Å². The molecule has 1 saturated heterocycles. The molecule has 0 spiro atoms. The molecular formula is C17H21N3O4. The molecule has 0 unspecified atom stereocenters. The van der Waals surface area contributed by atoms with Crippen molar-refractivity contribution < 1.29 is 14.7 Å². The molecule has 7 heteroatoms. The molecule has 1 fully saturated rings. The summed E-state index contributed by atoms with van der Waals surface area (Å²) in [7, 11) is 1.71. The van der Waals surface area contributed by atoms with E-state index in [2.05, 4.69) is 0 Å². The maximum Gasteiger partial charge on any atom is 0.328 e. The summed E-state index contributed by atoms with van der Waals surface area (Å²) >= 11 is 0. The van der Waals surface area contributed by atoms with E-state index in [-0.39, 0.29) is 24.6 Å². The lowest BCUT2D eigenvalue weighted by Gasteiger charge is -2.30. The molecular weight excluding hydrogens is 310 g/mol. The number of benzene rings is 1. The Labute approximate surface area is 139 Å².